The summed E-state index contributed by atoms with van der Waals surface area (Å²) < 4.78 is 15.3. The Kier molecular flexibility index (Phi) is 2.70. The molecular formula is C13H16FN3O. The molecule has 1 aromatic heterocycles. The van der Waals surface area contributed by atoms with E-state index in [2.05, 4.69) is 10.3 Å². The number of aromatic amines is 1. The lowest BCUT2D eigenvalue weighted by Gasteiger charge is -2.23. The molecule has 2 aromatic rings. The summed E-state index contributed by atoms with van der Waals surface area (Å²) in [6.45, 7) is 3.56. The van der Waals surface area contributed by atoms with E-state index in [1.807, 2.05) is 0 Å². The SMILES string of the molecule is Cc1cc2c(cc1F)[nH]c(=O)n2C1CCNCC1. The van der Waals surface area contributed by atoms with Crippen molar-refractivity contribution in [2.24, 2.45) is 0 Å². The van der Waals surface area contributed by atoms with Gasteiger partial charge in [-0.25, -0.2) is 9.18 Å². The molecule has 2 heterocycles. The lowest BCUT2D eigenvalue weighted by Crippen LogP contribution is -2.33. The number of nitrogens with zero attached hydrogens (tertiary/aromatic N) is 1. The number of hydrogen-bond acceptors (Lipinski definition) is 2. The fraction of sp³-hybridized carbons (Fsp3) is 0.462. The minimum atomic E-state index is -0.277. The van der Waals surface area contributed by atoms with Gasteiger partial charge in [-0.15, -0.1) is 0 Å². The van der Waals surface area contributed by atoms with Gasteiger partial charge in [0.2, 0.25) is 0 Å². The second-order valence-corrected chi connectivity index (χ2v) is 4.90. The molecule has 0 amide bonds. The molecule has 0 radical (unpaired) electrons. The Bertz CT molecular complexity index is 637. The number of nitrogens with one attached hydrogen (secondary N) is 2. The topological polar surface area (TPSA) is 49.8 Å². The predicted octanol–water partition coefficient (Wildman–Crippen LogP) is 1.70. The number of benzene rings is 1. The fourth-order valence-electron chi connectivity index (χ4n) is 2.68. The normalized spacial score (nSPS) is 17.4. The molecule has 18 heavy (non-hydrogen) atoms. The smallest absolute Gasteiger partial charge is 0.317 e. The average Bonchev–Trinajstić information content (AvgIpc) is 2.66. The third-order valence-electron chi connectivity index (χ3n) is 3.67. The van der Waals surface area contributed by atoms with Crippen LogP contribution in [0.4, 0.5) is 4.39 Å². The van der Waals surface area contributed by atoms with Crippen molar-refractivity contribution in [3.8, 4) is 0 Å². The lowest BCUT2D eigenvalue weighted by atomic mass is 10.1. The first-order valence-corrected chi connectivity index (χ1v) is 6.28. The summed E-state index contributed by atoms with van der Waals surface area (Å²) in [5, 5.41) is 3.28. The van der Waals surface area contributed by atoms with Gasteiger partial charge in [-0.2, -0.15) is 0 Å². The van der Waals surface area contributed by atoms with Crippen molar-refractivity contribution in [2.75, 3.05) is 13.1 Å². The Morgan fingerprint density at radius 1 is 1.33 bits per heavy atom. The molecular weight excluding hydrogens is 233 g/mol. The lowest BCUT2D eigenvalue weighted by molar-refractivity contribution is 0.368. The molecule has 0 spiro atoms. The average molecular weight is 249 g/mol. The van der Waals surface area contributed by atoms with E-state index in [1.165, 1.54) is 6.07 Å². The van der Waals surface area contributed by atoms with E-state index in [0.717, 1.165) is 31.4 Å². The second kappa shape index (κ2) is 4.24. The highest BCUT2D eigenvalue weighted by atomic mass is 19.1. The Morgan fingerprint density at radius 3 is 2.78 bits per heavy atom. The number of imidazole rings is 1. The Labute approximate surface area is 104 Å². The molecule has 1 aliphatic rings. The van der Waals surface area contributed by atoms with E-state index in [4.69, 9.17) is 0 Å². The number of rotatable bonds is 1. The van der Waals surface area contributed by atoms with Crippen LogP contribution in [0.25, 0.3) is 11.0 Å². The predicted molar refractivity (Wildman–Crippen MR) is 68.4 cm³/mol. The summed E-state index contributed by atoms with van der Waals surface area (Å²) in [4.78, 5) is 14.8. The van der Waals surface area contributed by atoms with Crippen LogP contribution in [0.1, 0.15) is 24.4 Å². The quantitative estimate of drug-likeness (QED) is 0.808. The zero-order valence-electron chi connectivity index (χ0n) is 10.3. The summed E-state index contributed by atoms with van der Waals surface area (Å²) in [5.74, 6) is -0.277. The molecule has 96 valence electrons. The van der Waals surface area contributed by atoms with Gasteiger partial charge in [-0.05, 0) is 50.6 Å². The number of fused-ring (bicyclic) bond motifs is 1. The van der Waals surface area contributed by atoms with E-state index in [0.29, 0.717) is 11.1 Å². The molecule has 0 bridgehead atoms. The van der Waals surface area contributed by atoms with Crippen molar-refractivity contribution in [3.05, 3.63) is 34.0 Å². The standard InChI is InChI=1S/C13H16FN3O/c1-8-6-12-11(7-10(8)14)16-13(18)17(12)9-2-4-15-5-3-9/h6-7,9,15H,2-5H2,1H3,(H,16,18). The van der Waals surface area contributed by atoms with Crippen LogP contribution in [-0.2, 0) is 0 Å². The molecule has 0 saturated carbocycles. The summed E-state index contributed by atoms with van der Waals surface area (Å²) in [6.07, 6.45) is 1.87. The number of halogens is 1. The molecule has 1 fully saturated rings. The van der Waals surface area contributed by atoms with Gasteiger partial charge in [0.15, 0.2) is 0 Å². The van der Waals surface area contributed by atoms with Crippen LogP contribution in [-0.4, -0.2) is 22.6 Å². The third kappa shape index (κ3) is 1.75. The number of H-pyrrole nitrogens is 1. The number of hydrogen-bond donors (Lipinski definition) is 2. The van der Waals surface area contributed by atoms with E-state index in [-0.39, 0.29) is 17.5 Å². The maximum atomic E-state index is 13.5. The molecule has 0 atom stereocenters. The van der Waals surface area contributed by atoms with Gasteiger partial charge in [0.1, 0.15) is 5.82 Å². The molecule has 0 aliphatic carbocycles. The zero-order valence-corrected chi connectivity index (χ0v) is 10.3. The molecule has 1 aromatic carbocycles. The molecule has 1 aliphatic heterocycles. The maximum absolute atomic E-state index is 13.5. The van der Waals surface area contributed by atoms with Gasteiger partial charge >= 0.3 is 5.69 Å². The van der Waals surface area contributed by atoms with E-state index >= 15 is 0 Å². The molecule has 0 unspecified atom stereocenters. The zero-order chi connectivity index (χ0) is 12.7. The van der Waals surface area contributed by atoms with Crippen LogP contribution in [0.5, 0.6) is 0 Å². The van der Waals surface area contributed by atoms with Gasteiger partial charge in [-0.1, -0.05) is 0 Å². The third-order valence-corrected chi connectivity index (χ3v) is 3.67. The van der Waals surface area contributed by atoms with Crippen molar-refractivity contribution in [3.63, 3.8) is 0 Å². The van der Waals surface area contributed by atoms with Crippen LogP contribution >= 0.6 is 0 Å². The summed E-state index contributed by atoms with van der Waals surface area (Å²) >= 11 is 0. The molecule has 3 rings (SSSR count). The highest BCUT2D eigenvalue weighted by molar-refractivity contribution is 5.76. The first-order valence-electron chi connectivity index (χ1n) is 6.28. The van der Waals surface area contributed by atoms with Crippen LogP contribution in [0.3, 0.4) is 0 Å². The Morgan fingerprint density at radius 2 is 2.06 bits per heavy atom. The second-order valence-electron chi connectivity index (χ2n) is 4.90. The first-order chi connectivity index (χ1) is 8.66. The highest BCUT2D eigenvalue weighted by Crippen LogP contribution is 2.23. The molecule has 4 nitrogen and oxygen atoms in total. The van der Waals surface area contributed by atoms with E-state index in [1.54, 1.807) is 17.6 Å². The summed E-state index contributed by atoms with van der Waals surface area (Å²) in [7, 11) is 0. The van der Waals surface area contributed by atoms with Crippen LogP contribution < -0.4 is 11.0 Å². The van der Waals surface area contributed by atoms with Crippen molar-refractivity contribution in [1.29, 1.82) is 0 Å². The minimum Gasteiger partial charge on any atom is -0.317 e. The fourth-order valence-corrected chi connectivity index (χ4v) is 2.68. The van der Waals surface area contributed by atoms with Crippen molar-refractivity contribution in [2.45, 2.75) is 25.8 Å². The van der Waals surface area contributed by atoms with Crippen LogP contribution in [0.15, 0.2) is 16.9 Å². The van der Waals surface area contributed by atoms with E-state index < -0.39 is 0 Å². The van der Waals surface area contributed by atoms with Gasteiger partial charge < -0.3 is 10.3 Å². The largest absolute Gasteiger partial charge is 0.326 e. The molecule has 1 saturated heterocycles. The highest BCUT2D eigenvalue weighted by Gasteiger charge is 2.20. The molecule has 5 heteroatoms. The summed E-state index contributed by atoms with van der Waals surface area (Å²) in [6, 6.07) is 3.37. The Hall–Kier alpha value is -1.62. The van der Waals surface area contributed by atoms with Gasteiger partial charge in [0.25, 0.3) is 0 Å². The first kappa shape index (κ1) is 11.5. The Balaban J connectivity index is 2.18. The monoisotopic (exact) mass is 249 g/mol. The molecule has 2 N–H and O–H groups in total. The maximum Gasteiger partial charge on any atom is 0.326 e. The van der Waals surface area contributed by atoms with Crippen molar-refractivity contribution < 1.29 is 4.39 Å². The minimum absolute atomic E-state index is 0.137. The van der Waals surface area contributed by atoms with Crippen LogP contribution in [0, 0.1) is 12.7 Å². The van der Waals surface area contributed by atoms with Crippen molar-refractivity contribution in [1.82, 2.24) is 14.9 Å². The summed E-state index contributed by atoms with van der Waals surface area (Å²) in [5.41, 5.74) is 1.83. The number of piperidine rings is 1. The number of aromatic nitrogens is 2. The van der Waals surface area contributed by atoms with Crippen molar-refractivity contribution >= 4 is 11.0 Å². The van der Waals surface area contributed by atoms with Gasteiger partial charge in [0.05, 0.1) is 11.0 Å². The van der Waals surface area contributed by atoms with Gasteiger partial charge in [-0.3, -0.25) is 4.57 Å². The van der Waals surface area contributed by atoms with Gasteiger partial charge in [0, 0.05) is 6.04 Å². The number of aryl methyl sites for hydroxylation is 1. The van der Waals surface area contributed by atoms with Crippen LogP contribution in [0.2, 0.25) is 0 Å². The van der Waals surface area contributed by atoms with E-state index in [9.17, 15) is 9.18 Å².